The van der Waals surface area contributed by atoms with Crippen LogP contribution in [0, 0.1) is 0 Å². The third-order valence-electron chi connectivity index (χ3n) is 2.43. The largest absolute Gasteiger partial charge is 0.396 e. The van der Waals surface area contributed by atoms with Crippen LogP contribution in [0.15, 0.2) is 24.5 Å². The van der Waals surface area contributed by atoms with Crippen LogP contribution in [0.25, 0.3) is 11.3 Å². The van der Waals surface area contributed by atoms with E-state index < -0.39 is 0 Å². The minimum Gasteiger partial charge on any atom is -0.396 e. The maximum Gasteiger partial charge on any atom is 0.155 e. The minimum atomic E-state index is 0.0664. The van der Waals surface area contributed by atoms with E-state index in [0.29, 0.717) is 11.6 Å². The van der Waals surface area contributed by atoms with E-state index in [1.165, 1.54) is 0 Å². The maximum absolute atomic E-state index is 8.91. The van der Waals surface area contributed by atoms with Gasteiger partial charge in [0.25, 0.3) is 0 Å². The predicted molar refractivity (Wildman–Crippen MR) is 62.2 cm³/mol. The Kier molecular flexibility index (Phi) is 3.22. The zero-order valence-corrected chi connectivity index (χ0v) is 9.65. The Bertz CT molecular complexity index is 481. The third-order valence-corrected chi connectivity index (χ3v) is 2.70. The van der Waals surface area contributed by atoms with E-state index in [2.05, 4.69) is 9.97 Å². The smallest absolute Gasteiger partial charge is 0.155 e. The van der Waals surface area contributed by atoms with Crippen molar-refractivity contribution in [3.05, 3.63) is 35.5 Å². The maximum atomic E-state index is 8.91. The zero-order valence-electron chi connectivity index (χ0n) is 8.89. The molecule has 2 aromatic rings. The van der Waals surface area contributed by atoms with Gasteiger partial charge in [-0.3, -0.25) is 4.98 Å². The van der Waals surface area contributed by atoms with Crippen LogP contribution in [-0.4, -0.2) is 26.2 Å². The first-order valence-electron chi connectivity index (χ1n) is 4.96. The van der Waals surface area contributed by atoms with E-state index >= 15 is 0 Å². The topological polar surface area (TPSA) is 50.9 Å². The summed E-state index contributed by atoms with van der Waals surface area (Å²) in [5, 5.41) is 9.36. The standard InChI is InChI=1S/C11H12ClN3O/c1-15-9(4-7-16)14-11(12)10(15)8-2-5-13-6-3-8/h2-3,5-6,16H,4,7H2,1H3. The van der Waals surface area contributed by atoms with Gasteiger partial charge in [0, 0.05) is 31.4 Å². The van der Waals surface area contributed by atoms with Crippen molar-refractivity contribution in [2.75, 3.05) is 6.61 Å². The van der Waals surface area contributed by atoms with Gasteiger partial charge in [0.05, 0.1) is 12.3 Å². The predicted octanol–water partition coefficient (Wildman–Crippen LogP) is 1.67. The number of pyridine rings is 1. The lowest BCUT2D eigenvalue weighted by Crippen LogP contribution is -2.02. The first-order valence-corrected chi connectivity index (χ1v) is 5.34. The molecule has 0 saturated heterocycles. The number of rotatable bonds is 3. The van der Waals surface area contributed by atoms with Crippen LogP contribution in [0.1, 0.15) is 5.82 Å². The van der Waals surface area contributed by atoms with Crippen molar-refractivity contribution in [2.24, 2.45) is 7.05 Å². The molecule has 0 atom stereocenters. The van der Waals surface area contributed by atoms with E-state index in [9.17, 15) is 0 Å². The molecule has 0 spiro atoms. The molecule has 2 heterocycles. The molecule has 0 aliphatic carbocycles. The lowest BCUT2D eigenvalue weighted by molar-refractivity contribution is 0.295. The van der Waals surface area contributed by atoms with Crippen LogP contribution in [0.4, 0.5) is 0 Å². The Labute approximate surface area is 98.5 Å². The van der Waals surface area contributed by atoms with Crippen LogP contribution < -0.4 is 0 Å². The van der Waals surface area contributed by atoms with Crippen LogP contribution in [0.2, 0.25) is 5.15 Å². The van der Waals surface area contributed by atoms with Crippen molar-refractivity contribution in [1.82, 2.24) is 14.5 Å². The van der Waals surface area contributed by atoms with E-state index in [1.807, 2.05) is 23.7 Å². The lowest BCUT2D eigenvalue weighted by Gasteiger charge is -2.04. The Morgan fingerprint density at radius 1 is 1.38 bits per heavy atom. The second kappa shape index (κ2) is 4.63. The highest BCUT2D eigenvalue weighted by molar-refractivity contribution is 6.32. The summed E-state index contributed by atoms with van der Waals surface area (Å²) in [7, 11) is 1.89. The van der Waals surface area contributed by atoms with Gasteiger partial charge in [0.2, 0.25) is 0 Å². The quantitative estimate of drug-likeness (QED) is 0.884. The van der Waals surface area contributed by atoms with E-state index in [-0.39, 0.29) is 6.61 Å². The molecule has 0 aliphatic heterocycles. The molecule has 2 rings (SSSR count). The monoisotopic (exact) mass is 237 g/mol. The average molecular weight is 238 g/mol. The number of hydrogen-bond acceptors (Lipinski definition) is 3. The number of nitrogens with zero attached hydrogens (tertiary/aromatic N) is 3. The van der Waals surface area contributed by atoms with Gasteiger partial charge in [-0.05, 0) is 12.1 Å². The van der Waals surface area contributed by atoms with E-state index in [0.717, 1.165) is 17.1 Å². The van der Waals surface area contributed by atoms with E-state index in [4.69, 9.17) is 16.7 Å². The zero-order chi connectivity index (χ0) is 11.5. The summed E-state index contributed by atoms with van der Waals surface area (Å²) in [6.07, 6.45) is 3.93. The summed E-state index contributed by atoms with van der Waals surface area (Å²) in [6.45, 7) is 0.0664. The van der Waals surface area contributed by atoms with Gasteiger partial charge in [-0.25, -0.2) is 4.98 Å². The summed E-state index contributed by atoms with van der Waals surface area (Å²) in [5.41, 5.74) is 1.83. The van der Waals surface area contributed by atoms with Crippen LogP contribution in [-0.2, 0) is 13.5 Å². The van der Waals surface area contributed by atoms with Gasteiger partial charge in [0.15, 0.2) is 5.15 Å². The molecular formula is C11H12ClN3O. The third kappa shape index (κ3) is 1.94. The fraction of sp³-hybridized carbons (Fsp3) is 0.273. The molecule has 0 radical (unpaired) electrons. The minimum absolute atomic E-state index is 0.0664. The Balaban J connectivity index is 2.49. The summed E-state index contributed by atoms with van der Waals surface area (Å²) in [5.74, 6) is 0.777. The SMILES string of the molecule is Cn1c(CCO)nc(Cl)c1-c1ccncc1. The molecule has 0 aliphatic rings. The molecule has 0 unspecified atom stereocenters. The van der Waals surface area contributed by atoms with Crippen LogP contribution in [0.3, 0.4) is 0 Å². The van der Waals surface area contributed by atoms with Gasteiger partial charge < -0.3 is 9.67 Å². The van der Waals surface area contributed by atoms with Gasteiger partial charge in [-0.1, -0.05) is 11.6 Å². The highest BCUT2D eigenvalue weighted by Crippen LogP contribution is 2.27. The second-order valence-electron chi connectivity index (χ2n) is 3.44. The molecule has 0 amide bonds. The molecule has 2 aromatic heterocycles. The lowest BCUT2D eigenvalue weighted by atomic mass is 10.2. The van der Waals surface area contributed by atoms with E-state index in [1.54, 1.807) is 12.4 Å². The van der Waals surface area contributed by atoms with Gasteiger partial charge in [0.1, 0.15) is 5.82 Å². The number of halogens is 1. The summed E-state index contributed by atoms with van der Waals surface area (Å²) < 4.78 is 1.90. The molecule has 0 saturated carbocycles. The fourth-order valence-corrected chi connectivity index (χ4v) is 1.99. The van der Waals surface area contributed by atoms with Crippen LogP contribution >= 0.6 is 11.6 Å². The Hall–Kier alpha value is -1.39. The highest BCUT2D eigenvalue weighted by atomic mass is 35.5. The number of aliphatic hydroxyl groups excluding tert-OH is 1. The second-order valence-corrected chi connectivity index (χ2v) is 3.79. The molecule has 84 valence electrons. The fourth-order valence-electron chi connectivity index (χ4n) is 1.65. The molecule has 1 N–H and O–H groups in total. The molecular weight excluding hydrogens is 226 g/mol. The molecule has 0 aromatic carbocycles. The number of hydrogen-bond donors (Lipinski definition) is 1. The van der Waals surface area contributed by atoms with Crippen molar-refractivity contribution in [3.8, 4) is 11.3 Å². The number of aliphatic hydroxyl groups is 1. The average Bonchev–Trinajstić information content (AvgIpc) is 2.56. The van der Waals surface area contributed by atoms with Crippen molar-refractivity contribution >= 4 is 11.6 Å². The first-order chi connectivity index (χ1) is 7.74. The molecule has 4 nitrogen and oxygen atoms in total. The summed E-state index contributed by atoms with van der Waals surface area (Å²) in [4.78, 5) is 8.18. The van der Waals surface area contributed by atoms with Crippen molar-refractivity contribution < 1.29 is 5.11 Å². The van der Waals surface area contributed by atoms with Gasteiger partial charge in [-0.2, -0.15) is 0 Å². The molecule has 5 heteroatoms. The number of imidazole rings is 1. The van der Waals surface area contributed by atoms with Crippen molar-refractivity contribution in [1.29, 1.82) is 0 Å². The highest BCUT2D eigenvalue weighted by Gasteiger charge is 2.13. The van der Waals surface area contributed by atoms with Crippen molar-refractivity contribution in [3.63, 3.8) is 0 Å². The molecule has 16 heavy (non-hydrogen) atoms. The Morgan fingerprint density at radius 2 is 2.06 bits per heavy atom. The normalized spacial score (nSPS) is 10.7. The summed E-state index contributed by atoms with van der Waals surface area (Å²) >= 11 is 6.09. The number of aromatic nitrogens is 3. The van der Waals surface area contributed by atoms with Crippen LogP contribution in [0.5, 0.6) is 0 Å². The first kappa shape index (κ1) is 11.1. The summed E-state index contributed by atoms with van der Waals surface area (Å²) in [6, 6.07) is 3.76. The van der Waals surface area contributed by atoms with Gasteiger partial charge in [-0.15, -0.1) is 0 Å². The van der Waals surface area contributed by atoms with Crippen molar-refractivity contribution in [2.45, 2.75) is 6.42 Å². The van der Waals surface area contributed by atoms with Gasteiger partial charge >= 0.3 is 0 Å². The molecule has 0 fully saturated rings. The molecule has 0 bridgehead atoms. The Morgan fingerprint density at radius 3 is 2.69 bits per heavy atom.